The first-order valence-electron chi connectivity index (χ1n) is 6.28. The summed E-state index contributed by atoms with van der Waals surface area (Å²) in [7, 11) is 1.30. The molecule has 2 aromatic rings. The normalized spacial score (nSPS) is 10.2. The third-order valence-corrected chi connectivity index (χ3v) is 4.04. The highest BCUT2D eigenvalue weighted by Gasteiger charge is 2.17. The Morgan fingerprint density at radius 3 is 2.62 bits per heavy atom. The van der Waals surface area contributed by atoms with Crippen LogP contribution in [0.5, 0.6) is 0 Å². The van der Waals surface area contributed by atoms with Gasteiger partial charge in [-0.05, 0) is 42.5 Å². The van der Waals surface area contributed by atoms with Crippen molar-refractivity contribution in [1.82, 2.24) is 0 Å². The number of carbonyl (C=O) groups is 2. The van der Waals surface area contributed by atoms with E-state index in [0.717, 1.165) is 11.1 Å². The molecule has 0 aliphatic carbocycles. The first-order chi connectivity index (χ1) is 9.93. The summed E-state index contributed by atoms with van der Waals surface area (Å²) in [6.45, 7) is 3.73. The number of nitrogen functional groups attached to an aromatic ring is 1. The molecule has 0 bridgehead atoms. The van der Waals surface area contributed by atoms with Gasteiger partial charge in [0.05, 0.1) is 12.8 Å². The maximum atomic E-state index is 12.3. The van der Waals surface area contributed by atoms with Crippen molar-refractivity contribution in [1.29, 1.82) is 0 Å². The van der Waals surface area contributed by atoms with Crippen LogP contribution < -0.4 is 11.1 Å². The van der Waals surface area contributed by atoms with Gasteiger partial charge in [0.15, 0.2) is 0 Å². The number of hydrogen-bond acceptors (Lipinski definition) is 5. The molecule has 3 N–H and O–H groups in total. The second-order valence-electron chi connectivity index (χ2n) is 4.63. The number of esters is 1. The van der Waals surface area contributed by atoms with E-state index in [1.807, 2.05) is 19.9 Å². The van der Waals surface area contributed by atoms with Crippen LogP contribution in [0, 0.1) is 13.8 Å². The monoisotopic (exact) mass is 304 g/mol. The van der Waals surface area contributed by atoms with Crippen molar-refractivity contribution in [3.8, 4) is 0 Å². The molecular formula is C15H16N2O3S. The molecule has 0 unspecified atom stereocenters. The number of nitrogens with two attached hydrogens (primary N) is 1. The molecular weight excluding hydrogens is 288 g/mol. The maximum absolute atomic E-state index is 12.3. The standard InChI is InChI=1S/C15H16N2O3S/c1-8-6-9(2)11(16)7-10(8)14(18)17-12-4-5-21-13(12)15(19)20-3/h4-7H,16H2,1-3H3,(H,17,18). The zero-order valence-electron chi connectivity index (χ0n) is 12.0. The Labute approximate surface area is 126 Å². The molecule has 21 heavy (non-hydrogen) atoms. The molecule has 1 aromatic carbocycles. The number of ether oxygens (including phenoxy) is 1. The van der Waals surface area contributed by atoms with Crippen molar-refractivity contribution in [2.24, 2.45) is 0 Å². The number of rotatable bonds is 3. The summed E-state index contributed by atoms with van der Waals surface area (Å²) in [5.74, 6) is -0.775. The Bertz CT molecular complexity index is 707. The molecule has 0 spiro atoms. The van der Waals surface area contributed by atoms with Crippen LogP contribution in [0.4, 0.5) is 11.4 Å². The number of methoxy groups -OCH3 is 1. The van der Waals surface area contributed by atoms with Crippen molar-refractivity contribution in [3.63, 3.8) is 0 Å². The van der Waals surface area contributed by atoms with Gasteiger partial charge in [0.1, 0.15) is 4.88 Å². The number of benzene rings is 1. The fourth-order valence-corrected chi connectivity index (χ4v) is 2.73. The molecule has 6 heteroatoms. The number of thiophene rings is 1. The Balaban J connectivity index is 2.29. The zero-order valence-corrected chi connectivity index (χ0v) is 12.8. The molecule has 0 aliphatic heterocycles. The van der Waals surface area contributed by atoms with Gasteiger partial charge in [-0.25, -0.2) is 4.79 Å². The summed E-state index contributed by atoms with van der Waals surface area (Å²) in [5, 5.41) is 4.45. The summed E-state index contributed by atoms with van der Waals surface area (Å²) in [5.41, 5.74) is 9.09. The minimum atomic E-state index is -0.472. The van der Waals surface area contributed by atoms with Crippen molar-refractivity contribution in [2.45, 2.75) is 13.8 Å². The minimum absolute atomic E-state index is 0.303. The number of nitrogens with one attached hydrogen (secondary N) is 1. The lowest BCUT2D eigenvalue weighted by molar-refractivity contribution is 0.0607. The van der Waals surface area contributed by atoms with E-state index in [9.17, 15) is 9.59 Å². The molecule has 0 atom stereocenters. The highest BCUT2D eigenvalue weighted by atomic mass is 32.1. The maximum Gasteiger partial charge on any atom is 0.350 e. The van der Waals surface area contributed by atoms with Gasteiger partial charge in [-0.15, -0.1) is 11.3 Å². The quantitative estimate of drug-likeness (QED) is 0.674. The van der Waals surface area contributed by atoms with Crippen LogP contribution in [0.1, 0.15) is 31.2 Å². The number of aryl methyl sites for hydroxylation is 2. The summed E-state index contributed by atoms with van der Waals surface area (Å²) in [6.07, 6.45) is 0. The van der Waals surface area contributed by atoms with Crippen molar-refractivity contribution < 1.29 is 14.3 Å². The minimum Gasteiger partial charge on any atom is -0.465 e. The van der Waals surface area contributed by atoms with E-state index in [4.69, 9.17) is 5.73 Å². The molecule has 0 fully saturated rings. The van der Waals surface area contributed by atoms with Gasteiger partial charge >= 0.3 is 5.97 Å². The fraction of sp³-hybridized carbons (Fsp3) is 0.200. The average Bonchev–Trinajstić information content (AvgIpc) is 2.90. The molecule has 2 rings (SSSR count). The van der Waals surface area contributed by atoms with Crippen LogP contribution in [0.15, 0.2) is 23.6 Å². The van der Waals surface area contributed by atoms with E-state index in [-0.39, 0.29) is 5.91 Å². The van der Waals surface area contributed by atoms with E-state index >= 15 is 0 Å². The molecule has 110 valence electrons. The van der Waals surface area contributed by atoms with E-state index in [0.29, 0.717) is 21.8 Å². The topological polar surface area (TPSA) is 81.4 Å². The largest absolute Gasteiger partial charge is 0.465 e. The third-order valence-electron chi connectivity index (χ3n) is 3.14. The van der Waals surface area contributed by atoms with Gasteiger partial charge in [0.2, 0.25) is 0 Å². The Morgan fingerprint density at radius 1 is 1.24 bits per heavy atom. The molecule has 5 nitrogen and oxygen atoms in total. The van der Waals surface area contributed by atoms with Crippen molar-refractivity contribution in [2.75, 3.05) is 18.2 Å². The first-order valence-corrected chi connectivity index (χ1v) is 7.16. The number of anilines is 2. The lowest BCUT2D eigenvalue weighted by Crippen LogP contribution is -2.15. The Kier molecular flexibility index (Phi) is 4.28. The van der Waals surface area contributed by atoms with Crippen LogP contribution in [-0.4, -0.2) is 19.0 Å². The average molecular weight is 304 g/mol. The van der Waals surface area contributed by atoms with Gasteiger partial charge in [-0.3, -0.25) is 4.79 Å². The predicted molar refractivity (Wildman–Crippen MR) is 83.9 cm³/mol. The number of hydrogen-bond donors (Lipinski definition) is 2. The van der Waals surface area contributed by atoms with Crippen LogP contribution in [0.2, 0.25) is 0 Å². The van der Waals surface area contributed by atoms with Gasteiger partial charge in [0.25, 0.3) is 5.91 Å². The molecule has 0 aliphatic rings. The Morgan fingerprint density at radius 2 is 1.95 bits per heavy atom. The van der Waals surface area contributed by atoms with Gasteiger partial charge in [0, 0.05) is 11.3 Å². The zero-order chi connectivity index (χ0) is 15.6. The summed E-state index contributed by atoms with van der Waals surface area (Å²) >= 11 is 1.22. The highest BCUT2D eigenvalue weighted by molar-refractivity contribution is 7.12. The van der Waals surface area contributed by atoms with Crippen molar-refractivity contribution in [3.05, 3.63) is 45.1 Å². The van der Waals surface area contributed by atoms with Crippen LogP contribution in [0.25, 0.3) is 0 Å². The number of carbonyl (C=O) groups excluding carboxylic acids is 2. The Hall–Kier alpha value is -2.34. The second-order valence-corrected chi connectivity index (χ2v) is 5.55. The van der Waals surface area contributed by atoms with Crippen LogP contribution in [0.3, 0.4) is 0 Å². The summed E-state index contributed by atoms with van der Waals surface area (Å²) in [4.78, 5) is 24.3. The smallest absolute Gasteiger partial charge is 0.350 e. The van der Waals surface area contributed by atoms with Crippen LogP contribution >= 0.6 is 11.3 Å². The molecule has 1 heterocycles. The molecule has 1 amide bonds. The van der Waals surface area contributed by atoms with Gasteiger partial charge in [-0.2, -0.15) is 0 Å². The van der Waals surface area contributed by atoms with Gasteiger partial charge in [-0.1, -0.05) is 6.07 Å². The first kappa shape index (κ1) is 15.1. The van der Waals surface area contributed by atoms with E-state index in [1.165, 1.54) is 18.4 Å². The van der Waals surface area contributed by atoms with E-state index in [2.05, 4.69) is 10.1 Å². The summed E-state index contributed by atoms with van der Waals surface area (Å²) in [6, 6.07) is 5.17. The SMILES string of the molecule is COC(=O)c1sccc1NC(=O)c1cc(N)c(C)cc1C. The third kappa shape index (κ3) is 3.05. The lowest BCUT2D eigenvalue weighted by atomic mass is 10.0. The molecule has 1 aromatic heterocycles. The fourth-order valence-electron chi connectivity index (χ4n) is 1.96. The predicted octanol–water partition coefficient (Wildman–Crippen LogP) is 2.99. The number of amides is 1. The molecule has 0 saturated heterocycles. The van der Waals surface area contributed by atoms with Crippen LogP contribution in [-0.2, 0) is 4.74 Å². The van der Waals surface area contributed by atoms with Crippen molar-refractivity contribution >= 4 is 34.6 Å². The molecule has 0 radical (unpaired) electrons. The van der Waals surface area contributed by atoms with E-state index in [1.54, 1.807) is 17.5 Å². The van der Waals surface area contributed by atoms with Gasteiger partial charge < -0.3 is 15.8 Å². The summed E-state index contributed by atoms with van der Waals surface area (Å²) < 4.78 is 4.68. The molecule has 0 saturated carbocycles. The highest BCUT2D eigenvalue weighted by Crippen LogP contribution is 2.25. The van der Waals surface area contributed by atoms with E-state index < -0.39 is 5.97 Å². The second kappa shape index (κ2) is 5.97. The lowest BCUT2D eigenvalue weighted by Gasteiger charge is -2.10.